The van der Waals surface area contributed by atoms with Crippen molar-refractivity contribution in [1.82, 2.24) is 0 Å². The first-order valence-corrected chi connectivity index (χ1v) is 6.75. The highest BCUT2D eigenvalue weighted by Crippen LogP contribution is 2.27. The van der Waals surface area contributed by atoms with E-state index in [1.54, 1.807) is 12.1 Å². The largest absolute Gasteiger partial charge is 0.493 e. The molecule has 0 heterocycles. The average Bonchev–Trinajstić information content (AvgIpc) is 2.54. The van der Waals surface area contributed by atoms with Crippen molar-refractivity contribution in [2.75, 3.05) is 19.0 Å². The Kier molecular flexibility index (Phi) is 5.14. The van der Waals surface area contributed by atoms with Gasteiger partial charge in [0.2, 0.25) is 0 Å². The standard InChI is InChI=1S/C17H17NO4/c1-12-5-3-4-6-14(12)18-17(20)11-22-16-9-13(10-19)7-8-15(16)21-2/h3-10H,11H2,1-2H3,(H,18,20). The van der Waals surface area contributed by atoms with Crippen LogP contribution in [0.25, 0.3) is 0 Å². The first-order chi connectivity index (χ1) is 10.6. The summed E-state index contributed by atoms with van der Waals surface area (Å²) in [5.41, 5.74) is 2.16. The van der Waals surface area contributed by atoms with Crippen molar-refractivity contribution in [2.45, 2.75) is 6.92 Å². The maximum absolute atomic E-state index is 11.9. The van der Waals surface area contributed by atoms with Gasteiger partial charge in [-0.2, -0.15) is 0 Å². The Morgan fingerprint density at radius 2 is 1.95 bits per heavy atom. The molecule has 5 heteroatoms. The zero-order valence-corrected chi connectivity index (χ0v) is 12.5. The zero-order valence-electron chi connectivity index (χ0n) is 12.5. The number of benzene rings is 2. The van der Waals surface area contributed by atoms with Crippen LogP contribution >= 0.6 is 0 Å². The van der Waals surface area contributed by atoms with Crippen LogP contribution in [0.15, 0.2) is 42.5 Å². The Balaban J connectivity index is 2.02. The quantitative estimate of drug-likeness (QED) is 0.833. The van der Waals surface area contributed by atoms with Gasteiger partial charge in [0.1, 0.15) is 6.29 Å². The predicted octanol–water partition coefficient (Wildman–Crippen LogP) is 2.83. The molecule has 0 aliphatic heterocycles. The van der Waals surface area contributed by atoms with E-state index in [4.69, 9.17) is 9.47 Å². The molecule has 2 aromatic carbocycles. The Hall–Kier alpha value is -2.82. The van der Waals surface area contributed by atoms with Crippen LogP contribution in [0.4, 0.5) is 5.69 Å². The number of aryl methyl sites for hydroxylation is 1. The number of carbonyl (C=O) groups is 2. The van der Waals surface area contributed by atoms with E-state index in [0.29, 0.717) is 23.3 Å². The van der Waals surface area contributed by atoms with E-state index in [-0.39, 0.29) is 12.5 Å². The van der Waals surface area contributed by atoms with Gasteiger partial charge in [0.05, 0.1) is 7.11 Å². The van der Waals surface area contributed by atoms with Crippen LogP contribution in [0.1, 0.15) is 15.9 Å². The zero-order chi connectivity index (χ0) is 15.9. The lowest BCUT2D eigenvalue weighted by molar-refractivity contribution is -0.118. The maximum Gasteiger partial charge on any atom is 0.262 e. The fourth-order valence-electron chi connectivity index (χ4n) is 1.92. The molecule has 0 atom stereocenters. The highest BCUT2D eigenvalue weighted by molar-refractivity contribution is 5.92. The summed E-state index contributed by atoms with van der Waals surface area (Å²) >= 11 is 0. The molecule has 2 rings (SSSR count). The van der Waals surface area contributed by atoms with Crippen molar-refractivity contribution in [3.05, 3.63) is 53.6 Å². The van der Waals surface area contributed by atoms with Crippen LogP contribution in [0.5, 0.6) is 11.5 Å². The van der Waals surface area contributed by atoms with Gasteiger partial charge in [-0.05, 0) is 36.8 Å². The van der Waals surface area contributed by atoms with Crippen molar-refractivity contribution in [2.24, 2.45) is 0 Å². The van der Waals surface area contributed by atoms with Crippen LogP contribution in [0.2, 0.25) is 0 Å². The number of aldehydes is 1. The van der Waals surface area contributed by atoms with Crippen molar-refractivity contribution < 1.29 is 19.1 Å². The second-order valence-corrected chi connectivity index (χ2v) is 4.68. The molecule has 0 radical (unpaired) electrons. The number of anilines is 1. The van der Waals surface area contributed by atoms with E-state index in [0.717, 1.165) is 11.3 Å². The van der Waals surface area contributed by atoms with Gasteiger partial charge in [0, 0.05) is 11.3 Å². The minimum atomic E-state index is -0.284. The van der Waals surface area contributed by atoms with Crippen LogP contribution in [0, 0.1) is 6.92 Å². The van der Waals surface area contributed by atoms with Crippen LogP contribution in [-0.4, -0.2) is 25.9 Å². The summed E-state index contributed by atoms with van der Waals surface area (Å²) in [7, 11) is 1.50. The van der Waals surface area contributed by atoms with Gasteiger partial charge in [-0.3, -0.25) is 9.59 Å². The van der Waals surface area contributed by atoms with E-state index in [9.17, 15) is 9.59 Å². The monoisotopic (exact) mass is 299 g/mol. The Morgan fingerprint density at radius 3 is 2.64 bits per heavy atom. The molecular formula is C17H17NO4. The minimum absolute atomic E-state index is 0.174. The number of amides is 1. The number of ether oxygens (including phenoxy) is 2. The normalized spacial score (nSPS) is 9.91. The molecule has 0 saturated carbocycles. The second-order valence-electron chi connectivity index (χ2n) is 4.68. The summed E-state index contributed by atoms with van der Waals surface area (Å²) in [6, 6.07) is 12.3. The van der Waals surface area contributed by atoms with Crippen LogP contribution < -0.4 is 14.8 Å². The number of hydrogen-bond acceptors (Lipinski definition) is 4. The van der Waals surface area contributed by atoms with Gasteiger partial charge in [-0.25, -0.2) is 0 Å². The lowest BCUT2D eigenvalue weighted by atomic mass is 10.2. The fraction of sp³-hybridized carbons (Fsp3) is 0.176. The molecule has 0 bridgehead atoms. The molecule has 1 N–H and O–H groups in total. The third kappa shape index (κ3) is 3.85. The molecule has 0 spiro atoms. The van der Waals surface area contributed by atoms with Gasteiger partial charge in [-0.1, -0.05) is 18.2 Å². The lowest BCUT2D eigenvalue weighted by Gasteiger charge is -2.12. The summed E-state index contributed by atoms with van der Waals surface area (Å²) in [5, 5.41) is 2.77. The molecule has 0 aliphatic rings. The lowest BCUT2D eigenvalue weighted by Crippen LogP contribution is -2.20. The first kappa shape index (κ1) is 15.6. The van der Waals surface area contributed by atoms with Gasteiger partial charge < -0.3 is 14.8 Å². The van der Waals surface area contributed by atoms with Crippen LogP contribution in [-0.2, 0) is 4.79 Å². The number of nitrogens with one attached hydrogen (secondary N) is 1. The maximum atomic E-state index is 11.9. The van der Waals surface area contributed by atoms with Gasteiger partial charge in [0.25, 0.3) is 5.91 Å². The Morgan fingerprint density at radius 1 is 1.18 bits per heavy atom. The Labute approximate surface area is 128 Å². The van der Waals surface area contributed by atoms with E-state index < -0.39 is 0 Å². The summed E-state index contributed by atoms with van der Waals surface area (Å²) in [5.74, 6) is 0.536. The first-order valence-electron chi connectivity index (χ1n) is 6.75. The average molecular weight is 299 g/mol. The topological polar surface area (TPSA) is 64.6 Å². The molecule has 0 aromatic heterocycles. The molecule has 22 heavy (non-hydrogen) atoms. The number of methoxy groups -OCH3 is 1. The molecule has 0 saturated heterocycles. The molecule has 0 unspecified atom stereocenters. The van der Waals surface area contributed by atoms with Gasteiger partial charge >= 0.3 is 0 Å². The molecule has 0 aliphatic carbocycles. The van der Waals surface area contributed by atoms with E-state index in [1.165, 1.54) is 13.2 Å². The third-order valence-electron chi connectivity index (χ3n) is 3.10. The van der Waals surface area contributed by atoms with Crippen molar-refractivity contribution in [3.63, 3.8) is 0 Å². The highest BCUT2D eigenvalue weighted by Gasteiger charge is 2.09. The smallest absolute Gasteiger partial charge is 0.262 e. The van der Waals surface area contributed by atoms with E-state index in [1.807, 2.05) is 31.2 Å². The van der Waals surface area contributed by atoms with Crippen LogP contribution in [0.3, 0.4) is 0 Å². The second kappa shape index (κ2) is 7.26. The van der Waals surface area contributed by atoms with E-state index >= 15 is 0 Å². The molecule has 2 aromatic rings. The molecule has 1 amide bonds. The number of rotatable bonds is 6. The molecular weight excluding hydrogens is 282 g/mol. The van der Waals surface area contributed by atoms with Gasteiger partial charge in [-0.15, -0.1) is 0 Å². The highest BCUT2D eigenvalue weighted by atomic mass is 16.5. The number of carbonyl (C=O) groups excluding carboxylic acids is 2. The summed E-state index contributed by atoms with van der Waals surface area (Å²) in [4.78, 5) is 22.7. The van der Waals surface area contributed by atoms with Crippen molar-refractivity contribution >= 4 is 17.9 Å². The van der Waals surface area contributed by atoms with Crippen molar-refractivity contribution in [3.8, 4) is 11.5 Å². The molecule has 5 nitrogen and oxygen atoms in total. The van der Waals surface area contributed by atoms with Gasteiger partial charge in [0.15, 0.2) is 18.1 Å². The molecule has 0 fully saturated rings. The minimum Gasteiger partial charge on any atom is -0.493 e. The molecule has 114 valence electrons. The van der Waals surface area contributed by atoms with Crippen molar-refractivity contribution in [1.29, 1.82) is 0 Å². The van der Waals surface area contributed by atoms with E-state index in [2.05, 4.69) is 5.32 Å². The number of hydrogen-bond donors (Lipinski definition) is 1. The number of para-hydroxylation sites is 1. The Bertz CT molecular complexity index is 682. The predicted molar refractivity (Wildman–Crippen MR) is 83.7 cm³/mol. The SMILES string of the molecule is COc1ccc(C=O)cc1OCC(=O)Nc1ccccc1C. The fourth-order valence-corrected chi connectivity index (χ4v) is 1.92. The summed E-state index contributed by atoms with van der Waals surface area (Å²) < 4.78 is 10.6. The third-order valence-corrected chi connectivity index (χ3v) is 3.10. The summed E-state index contributed by atoms with van der Waals surface area (Å²) in [6.45, 7) is 1.74. The summed E-state index contributed by atoms with van der Waals surface area (Å²) in [6.07, 6.45) is 0.708.